The van der Waals surface area contributed by atoms with Crippen LogP contribution >= 0.6 is 0 Å². The molecule has 1 aliphatic carbocycles. The molecule has 2 rings (SSSR count). The van der Waals surface area contributed by atoms with Gasteiger partial charge in [-0.05, 0) is 35.4 Å². The minimum atomic E-state index is 0.973. The van der Waals surface area contributed by atoms with E-state index >= 15 is 0 Å². The number of hydrogen-bond acceptors (Lipinski definition) is 0. The summed E-state index contributed by atoms with van der Waals surface area (Å²) < 4.78 is 0. The fraction of sp³-hybridized carbons (Fsp3) is 0.125. The Kier molecular flexibility index (Phi) is 3.21. The van der Waals surface area contributed by atoms with Crippen molar-refractivity contribution >= 4 is 12.2 Å². The van der Waals surface area contributed by atoms with E-state index in [9.17, 15) is 0 Å². The van der Waals surface area contributed by atoms with Crippen LogP contribution in [0, 0.1) is 6.92 Å². The maximum atomic E-state index is 4.02. The molecule has 1 aromatic rings. The van der Waals surface area contributed by atoms with E-state index in [4.69, 9.17) is 0 Å². The first-order valence-corrected chi connectivity index (χ1v) is 5.56. The van der Waals surface area contributed by atoms with Gasteiger partial charge in [0, 0.05) is 0 Å². The fourth-order valence-electron chi connectivity index (χ4n) is 1.78. The largest absolute Gasteiger partial charge is 0.0917 e. The highest BCUT2D eigenvalue weighted by Crippen LogP contribution is 1.97. The molecule has 0 saturated heterocycles. The molecule has 0 radical (unpaired) electrons. The summed E-state index contributed by atoms with van der Waals surface area (Å²) in [6, 6.07) is 6.52. The zero-order chi connectivity index (χ0) is 11.4. The van der Waals surface area contributed by atoms with Gasteiger partial charge in [0.15, 0.2) is 0 Å². The van der Waals surface area contributed by atoms with Gasteiger partial charge in [-0.1, -0.05) is 60.7 Å². The molecule has 0 spiro atoms. The number of rotatable bonds is 0. The lowest BCUT2D eigenvalue weighted by Crippen LogP contribution is -2.24. The predicted molar refractivity (Wildman–Crippen MR) is 71.4 cm³/mol. The minimum absolute atomic E-state index is 0.973. The summed E-state index contributed by atoms with van der Waals surface area (Å²) in [7, 11) is 0. The van der Waals surface area contributed by atoms with Crippen molar-refractivity contribution in [2.75, 3.05) is 0 Å². The second kappa shape index (κ2) is 4.80. The number of allylic oxidation sites excluding steroid dienone is 5. The third-order valence-corrected chi connectivity index (χ3v) is 2.61. The Morgan fingerprint density at radius 3 is 2.88 bits per heavy atom. The molecule has 0 atom stereocenters. The lowest BCUT2D eigenvalue weighted by Gasteiger charge is -1.97. The molecule has 0 aromatic heterocycles. The van der Waals surface area contributed by atoms with E-state index in [1.165, 1.54) is 16.0 Å². The zero-order valence-electron chi connectivity index (χ0n) is 9.61. The molecule has 1 aliphatic rings. The Bertz CT molecular complexity index is 569. The highest BCUT2D eigenvalue weighted by atomic mass is 13.9. The summed E-state index contributed by atoms with van der Waals surface area (Å²) in [5.41, 5.74) is 2.33. The van der Waals surface area contributed by atoms with Gasteiger partial charge in [-0.2, -0.15) is 0 Å². The maximum absolute atomic E-state index is 4.02. The van der Waals surface area contributed by atoms with Gasteiger partial charge in [-0.3, -0.25) is 0 Å². The lowest BCUT2D eigenvalue weighted by atomic mass is 10.1. The fourth-order valence-corrected chi connectivity index (χ4v) is 1.78. The first-order valence-electron chi connectivity index (χ1n) is 5.56. The van der Waals surface area contributed by atoms with E-state index < -0.39 is 0 Å². The van der Waals surface area contributed by atoms with Crippen LogP contribution < -0.4 is 10.4 Å². The molecule has 0 fully saturated rings. The number of benzene rings is 1. The molecular weight excluding hydrogens is 192 g/mol. The van der Waals surface area contributed by atoms with Crippen molar-refractivity contribution < 1.29 is 0 Å². The topological polar surface area (TPSA) is 0 Å². The van der Waals surface area contributed by atoms with Gasteiger partial charge < -0.3 is 0 Å². The molecule has 0 aliphatic heterocycles. The molecule has 0 N–H and O–H groups in total. The molecule has 0 heteroatoms. The van der Waals surface area contributed by atoms with Gasteiger partial charge >= 0.3 is 0 Å². The van der Waals surface area contributed by atoms with Crippen LogP contribution in [-0.2, 0) is 0 Å². The van der Waals surface area contributed by atoms with Gasteiger partial charge in [-0.25, -0.2) is 0 Å². The van der Waals surface area contributed by atoms with E-state index in [0.717, 1.165) is 12.0 Å². The van der Waals surface area contributed by atoms with Crippen LogP contribution in [0.25, 0.3) is 12.2 Å². The van der Waals surface area contributed by atoms with E-state index in [0.29, 0.717) is 0 Å². The summed E-state index contributed by atoms with van der Waals surface area (Å²) in [5, 5.41) is 2.54. The summed E-state index contributed by atoms with van der Waals surface area (Å²) in [5.74, 6) is 0. The van der Waals surface area contributed by atoms with Crippen LogP contribution in [0.5, 0.6) is 0 Å². The average Bonchev–Trinajstić information content (AvgIpc) is 2.26. The molecular formula is C16H16. The summed E-state index contributed by atoms with van der Waals surface area (Å²) in [4.78, 5) is 0. The van der Waals surface area contributed by atoms with Crippen molar-refractivity contribution in [1.82, 2.24) is 0 Å². The first-order chi connectivity index (χ1) is 7.75. The van der Waals surface area contributed by atoms with Crippen molar-refractivity contribution in [3.8, 4) is 0 Å². The van der Waals surface area contributed by atoms with Gasteiger partial charge in [0.25, 0.3) is 0 Å². The van der Waals surface area contributed by atoms with E-state index in [1.54, 1.807) is 0 Å². The molecule has 1 aromatic carbocycles. The number of aryl methyl sites for hydroxylation is 1. The lowest BCUT2D eigenvalue weighted by molar-refractivity contribution is 1.37. The van der Waals surface area contributed by atoms with Crippen LogP contribution in [-0.4, -0.2) is 0 Å². The van der Waals surface area contributed by atoms with Gasteiger partial charge in [0.05, 0.1) is 0 Å². The monoisotopic (exact) mass is 208 g/mol. The SMILES string of the molecule is C=C1/C=C\C=C/C/C=c2/cc(C)cc/c2=C/1. The third-order valence-electron chi connectivity index (χ3n) is 2.61. The van der Waals surface area contributed by atoms with Crippen LogP contribution in [0.4, 0.5) is 0 Å². The molecule has 80 valence electrons. The number of fused-ring (bicyclic) bond motifs is 1. The van der Waals surface area contributed by atoms with E-state index in [-0.39, 0.29) is 0 Å². The molecule has 0 nitrogen and oxygen atoms in total. The quantitative estimate of drug-likeness (QED) is 0.615. The summed E-state index contributed by atoms with van der Waals surface area (Å²) in [6.07, 6.45) is 13.6. The highest BCUT2D eigenvalue weighted by Gasteiger charge is 1.90. The third kappa shape index (κ3) is 2.60. The second-order valence-corrected chi connectivity index (χ2v) is 4.08. The normalized spacial score (nSPS) is 23.2. The highest BCUT2D eigenvalue weighted by molar-refractivity contribution is 5.53. The van der Waals surface area contributed by atoms with Crippen LogP contribution in [0.1, 0.15) is 12.0 Å². The molecule has 0 saturated carbocycles. The van der Waals surface area contributed by atoms with Crippen molar-refractivity contribution in [3.05, 3.63) is 70.7 Å². The van der Waals surface area contributed by atoms with Crippen LogP contribution in [0.3, 0.4) is 0 Å². The molecule has 16 heavy (non-hydrogen) atoms. The first kappa shape index (κ1) is 10.7. The molecule has 0 amide bonds. The van der Waals surface area contributed by atoms with Crippen molar-refractivity contribution in [3.63, 3.8) is 0 Å². The van der Waals surface area contributed by atoms with E-state index in [2.05, 4.69) is 56.0 Å². The van der Waals surface area contributed by atoms with Gasteiger partial charge in [-0.15, -0.1) is 0 Å². The van der Waals surface area contributed by atoms with E-state index in [1.807, 2.05) is 12.2 Å². The Balaban J connectivity index is 2.67. The summed E-state index contributed by atoms with van der Waals surface area (Å²) in [6.45, 7) is 6.14. The van der Waals surface area contributed by atoms with Crippen molar-refractivity contribution in [2.24, 2.45) is 0 Å². The Labute approximate surface area is 96.6 Å². The van der Waals surface area contributed by atoms with Crippen LogP contribution in [0.15, 0.2) is 54.7 Å². The van der Waals surface area contributed by atoms with Crippen LogP contribution in [0.2, 0.25) is 0 Å². The average molecular weight is 208 g/mol. The second-order valence-electron chi connectivity index (χ2n) is 4.08. The molecule has 0 unspecified atom stereocenters. The molecule has 0 heterocycles. The Morgan fingerprint density at radius 1 is 1.12 bits per heavy atom. The minimum Gasteiger partial charge on any atom is -0.0917 e. The Hall–Kier alpha value is -1.82. The maximum Gasteiger partial charge on any atom is -0.0157 e. The van der Waals surface area contributed by atoms with Crippen molar-refractivity contribution in [2.45, 2.75) is 13.3 Å². The standard InChI is InChI=1S/C16H16/c1-13-7-5-3-4-6-8-15-12-14(2)9-10-16(15)11-13/h3-5,7-12H,1,6H2,2H3/b4-3-,7-5-,15-8-,16-11-. The van der Waals surface area contributed by atoms with Gasteiger partial charge in [0.1, 0.15) is 0 Å². The number of hydrogen-bond donors (Lipinski definition) is 0. The predicted octanol–water partition coefficient (Wildman–Crippen LogP) is 2.63. The smallest absolute Gasteiger partial charge is 0.0157 e. The summed E-state index contributed by atoms with van der Waals surface area (Å²) >= 11 is 0. The zero-order valence-corrected chi connectivity index (χ0v) is 9.61. The molecule has 0 bridgehead atoms. The Morgan fingerprint density at radius 2 is 2.00 bits per heavy atom. The van der Waals surface area contributed by atoms with Crippen molar-refractivity contribution in [1.29, 1.82) is 0 Å². The van der Waals surface area contributed by atoms with Gasteiger partial charge in [0.2, 0.25) is 0 Å².